The highest BCUT2D eigenvalue weighted by Gasteiger charge is 2.07. The highest BCUT2D eigenvalue weighted by Crippen LogP contribution is 2.18. The van der Waals surface area contributed by atoms with Crippen LogP contribution in [0.1, 0.15) is 5.56 Å². The quantitative estimate of drug-likeness (QED) is 0.711. The van der Waals surface area contributed by atoms with E-state index in [4.69, 9.17) is 4.74 Å². The van der Waals surface area contributed by atoms with Crippen LogP contribution in [0, 0.1) is 0 Å². The van der Waals surface area contributed by atoms with E-state index < -0.39 is 0 Å². The number of likely N-dealkylation sites (N-methyl/N-ethyl adjacent to an activating group) is 1. The van der Waals surface area contributed by atoms with Gasteiger partial charge in [0.2, 0.25) is 5.95 Å². The molecule has 0 aliphatic rings. The van der Waals surface area contributed by atoms with E-state index in [9.17, 15) is 0 Å². The van der Waals surface area contributed by atoms with Crippen molar-refractivity contribution in [1.82, 2.24) is 20.2 Å². The molecule has 0 fully saturated rings. The molecule has 0 aliphatic heterocycles. The normalized spacial score (nSPS) is 10.3. The number of nitrogens with zero attached hydrogens (tertiary/aromatic N) is 5. The van der Waals surface area contributed by atoms with Gasteiger partial charge >= 0.3 is 0 Å². The fourth-order valence-electron chi connectivity index (χ4n) is 2.30. The molecule has 0 saturated carbocycles. The summed E-state index contributed by atoms with van der Waals surface area (Å²) in [5.41, 5.74) is 2.11. The molecule has 0 amide bonds. The molecule has 0 bridgehead atoms. The van der Waals surface area contributed by atoms with Gasteiger partial charge in [0.05, 0.1) is 13.3 Å². The zero-order valence-corrected chi connectivity index (χ0v) is 14.3. The molecule has 0 aliphatic carbocycles. The zero-order valence-electron chi connectivity index (χ0n) is 14.3. The number of rotatable bonds is 7. The van der Waals surface area contributed by atoms with Crippen LogP contribution < -0.4 is 15.0 Å². The van der Waals surface area contributed by atoms with Gasteiger partial charge in [-0.25, -0.2) is 0 Å². The van der Waals surface area contributed by atoms with Gasteiger partial charge in [0, 0.05) is 31.7 Å². The second-order valence-corrected chi connectivity index (χ2v) is 5.52. The number of hydrogen-bond donors (Lipinski definition) is 1. The number of ether oxygens (including phenoxy) is 1. The Labute approximate surface area is 146 Å². The fourth-order valence-corrected chi connectivity index (χ4v) is 2.30. The maximum absolute atomic E-state index is 5.15. The summed E-state index contributed by atoms with van der Waals surface area (Å²) in [5.74, 6) is 2.02. The molecule has 1 aromatic carbocycles. The minimum atomic E-state index is 0.457. The van der Waals surface area contributed by atoms with Gasteiger partial charge in [-0.1, -0.05) is 0 Å². The van der Waals surface area contributed by atoms with Crippen molar-refractivity contribution in [3.05, 3.63) is 60.6 Å². The zero-order chi connectivity index (χ0) is 17.5. The number of pyridine rings is 1. The van der Waals surface area contributed by atoms with Crippen LogP contribution in [0.15, 0.2) is 55.0 Å². The van der Waals surface area contributed by atoms with E-state index in [-0.39, 0.29) is 0 Å². The molecular weight excluding hydrogens is 316 g/mol. The largest absolute Gasteiger partial charge is 0.497 e. The lowest BCUT2D eigenvalue weighted by Crippen LogP contribution is -2.22. The first-order valence-electron chi connectivity index (χ1n) is 7.95. The standard InChI is InChI=1S/C18H20N6O/c1-24(12-9-14-7-10-19-11-8-14)17-13-20-23-18(22-17)21-15-3-5-16(25-2)6-4-15/h3-8,10-11,13H,9,12H2,1-2H3,(H,21,22,23). The second-order valence-electron chi connectivity index (χ2n) is 5.52. The molecule has 0 unspecified atom stereocenters. The van der Waals surface area contributed by atoms with Gasteiger partial charge in [0.15, 0.2) is 5.82 Å². The van der Waals surface area contributed by atoms with Crippen molar-refractivity contribution < 1.29 is 4.74 Å². The molecule has 0 spiro atoms. The summed E-state index contributed by atoms with van der Waals surface area (Å²) in [6, 6.07) is 11.6. The molecule has 1 N–H and O–H groups in total. The minimum absolute atomic E-state index is 0.457. The number of hydrogen-bond acceptors (Lipinski definition) is 7. The SMILES string of the molecule is COc1ccc(Nc2nncc(N(C)CCc3ccncc3)n2)cc1. The number of methoxy groups -OCH3 is 1. The summed E-state index contributed by atoms with van der Waals surface area (Å²) >= 11 is 0. The van der Waals surface area contributed by atoms with Crippen LogP contribution in [-0.4, -0.2) is 40.9 Å². The van der Waals surface area contributed by atoms with Gasteiger partial charge < -0.3 is 15.0 Å². The number of nitrogens with one attached hydrogen (secondary N) is 1. The molecule has 3 rings (SSSR count). The Morgan fingerprint density at radius 2 is 1.84 bits per heavy atom. The lowest BCUT2D eigenvalue weighted by Gasteiger charge is -2.18. The highest BCUT2D eigenvalue weighted by molar-refractivity contribution is 5.55. The Balaban J connectivity index is 1.63. The molecule has 2 aromatic heterocycles. The first-order valence-corrected chi connectivity index (χ1v) is 7.95. The molecule has 2 heterocycles. The first-order chi connectivity index (χ1) is 12.2. The summed E-state index contributed by atoms with van der Waals surface area (Å²) in [6.45, 7) is 0.824. The Kier molecular flexibility index (Phi) is 5.36. The van der Waals surface area contributed by atoms with Gasteiger partial charge in [-0.05, 0) is 48.4 Å². The molecule has 128 valence electrons. The van der Waals surface area contributed by atoms with Crippen molar-refractivity contribution in [2.75, 3.05) is 30.9 Å². The van der Waals surface area contributed by atoms with Gasteiger partial charge in [-0.3, -0.25) is 4.98 Å². The third-order valence-electron chi connectivity index (χ3n) is 3.77. The number of aromatic nitrogens is 4. The minimum Gasteiger partial charge on any atom is -0.497 e. The van der Waals surface area contributed by atoms with Crippen molar-refractivity contribution in [2.24, 2.45) is 0 Å². The lowest BCUT2D eigenvalue weighted by molar-refractivity contribution is 0.415. The second kappa shape index (κ2) is 8.05. The van der Waals surface area contributed by atoms with E-state index in [1.165, 1.54) is 5.56 Å². The molecule has 25 heavy (non-hydrogen) atoms. The van der Waals surface area contributed by atoms with Gasteiger partial charge in [0.1, 0.15) is 5.75 Å². The monoisotopic (exact) mass is 336 g/mol. The fraction of sp³-hybridized carbons (Fsp3) is 0.222. The lowest BCUT2D eigenvalue weighted by atomic mass is 10.2. The Morgan fingerprint density at radius 3 is 2.56 bits per heavy atom. The third-order valence-corrected chi connectivity index (χ3v) is 3.77. The predicted octanol–water partition coefficient (Wildman–Crippen LogP) is 2.70. The summed E-state index contributed by atoms with van der Waals surface area (Å²) in [7, 11) is 3.63. The predicted molar refractivity (Wildman–Crippen MR) is 97.3 cm³/mol. The Morgan fingerprint density at radius 1 is 1.08 bits per heavy atom. The summed E-state index contributed by atoms with van der Waals surface area (Å²) < 4.78 is 5.15. The molecule has 7 nitrogen and oxygen atoms in total. The van der Waals surface area contributed by atoms with Crippen LogP contribution >= 0.6 is 0 Å². The Bertz CT molecular complexity index is 794. The van der Waals surface area contributed by atoms with Crippen LogP contribution in [0.4, 0.5) is 17.5 Å². The average molecular weight is 336 g/mol. The van der Waals surface area contributed by atoms with E-state index >= 15 is 0 Å². The highest BCUT2D eigenvalue weighted by atomic mass is 16.5. The van der Waals surface area contributed by atoms with Crippen molar-refractivity contribution >= 4 is 17.5 Å². The van der Waals surface area contributed by atoms with Crippen molar-refractivity contribution in [3.63, 3.8) is 0 Å². The van der Waals surface area contributed by atoms with E-state index in [2.05, 4.69) is 25.5 Å². The maximum atomic E-state index is 5.15. The van der Waals surface area contributed by atoms with Crippen LogP contribution in [0.5, 0.6) is 5.75 Å². The maximum Gasteiger partial charge on any atom is 0.249 e. The smallest absolute Gasteiger partial charge is 0.249 e. The van der Waals surface area contributed by atoms with E-state index in [0.717, 1.165) is 30.2 Å². The van der Waals surface area contributed by atoms with E-state index in [1.807, 2.05) is 48.3 Å². The van der Waals surface area contributed by atoms with Gasteiger partial charge in [-0.2, -0.15) is 10.1 Å². The average Bonchev–Trinajstić information content (AvgIpc) is 2.68. The van der Waals surface area contributed by atoms with E-state index in [1.54, 1.807) is 25.7 Å². The Hall–Kier alpha value is -3.22. The van der Waals surface area contributed by atoms with Gasteiger partial charge in [0.25, 0.3) is 0 Å². The first kappa shape index (κ1) is 16.6. The van der Waals surface area contributed by atoms with Crippen molar-refractivity contribution in [2.45, 2.75) is 6.42 Å². The summed E-state index contributed by atoms with van der Waals surface area (Å²) in [6.07, 6.45) is 6.17. The molecule has 3 aromatic rings. The van der Waals surface area contributed by atoms with Crippen LogP contribution in [0.2, 0.25) is 0 Å². The molecular formula is C18H20N6O. The van der Waals surface area contributed by atoms with Crippen LogP contribution in [0.25, 0.3) is 0 Å². The topological polar surface area (TPSA) is 76.1 Å². The molecule has 7 heteroatoms. The molecule has 0 atom stereocenters. The van der Waals surface area contributed by atoms with Crippen LogP contribution in [0.3, 0.4) is 0 Å². The number of benzene rings is 1. The van der Waals surface area contributed by atoms with Crippen molar-refractivity contribution in [1.29, 1.82) is 0 Å². The molecule has 0 radical (unpaired) electrons. The van der Waals surface area contributed by atoms with Crippen LogP contribution in [-0.2, 0) is 6.42 Å². The summed E-state index contributed by atoms with van der Waals surface area (Å²) in [4.78, 5) is 10.6. The van der Waals surface area contributed by atoms with E-state index in [0.29, 0.717) is 5.95 Å². The third kappa shape index (κ3) is 4.63. The van der Waals surface area contributed by atoms with Gasteiger partial charge in [-0.15, -0.1) is 5.10 Å². The van der Waals surface area contributed by atoms with Crippen molar-refractivity contribution in [3.8, 4) is 5.75 Å². The summed E-state index contributed by atoms with van der Waals surface area (Å²) in [5, 5.41) is 11.2. The molecule has 0 saturated heterocycles. The number of anilines is 3.